The summed E-state index contributed by atoms with van der Waals surface area (Å²) in [6.45, 7) is 5.17. The minimum absolute atomic E-state index is 0.403. The second-order valence-corrected chi connectivity index (χ2v) is 7.55. The summed E-state index contributed by atoms with van der Waals surface area (Å²) in [5.74, 6) is 0. The number of nitrogens with one attached hydrogen (secondary N) is 2. The van der Waals surface area contributed by atoms with Gasteiger partial charge in [-0.1, -0.05) is 46.3 Å². The maximum absolute atomic E-state index is 13.1. The van der Waals surface area contributed by atoms with Crippen LogP contribution >= 0.6 is 15.9 Å². The van der Waals surface area contributed by atoms with Gasteiger partial charge < -0.3 is 9.80 Å². The van der Waals surface area contributed by atoms with E-state index in [4.69, 9.17) is 0 Å². The van der Waals surface area contributed by atoms with Gasteiger partial charge in [-0.25, -0.2) is 0 Å². The number of piperazine rings is 1. The molecule has 0 atom stereocenters. The maximum Gasteiger partial charge on any atom is 0.416 e. The quantitative estimate of drug-likeness (QED) is 0.756. The van der Waals surface area contributed by atoms with Crippen molar-refractivity contribution in [3.63, 3.8) is 0 Å². The molecule has 6 heteroatoms. The summed E-state index contributed by atoms with van der Waals surface area (Å²) in [4.78, 5) is 2.72. The molecule has 1 heterocycles. The van der Waals surface area contributed by atoms with Crippen LogP contribution in [0.2, 0.25) is 0 Å². The van der Waals surface area contributed by atoms with Crippen LogP contribution in [-0.4, -0.2) is 26.2 Å². The van der Waals surface area contributed by atoms with Crippen molar-refractivity contribution in [1.29, 1.82) is 0 Å². The number of halogens is 4. The lowest BCUT2D eigenvalue weighted by Crippen LogP contribution is -3.27. The summed E-state index contributed by atoms with van der Waals surface area (Å²) in [7, 11) is 0. The monoisotopic (exact) mass is 414 g/mol. The zero-order valence-corrected chi connectivity index (χ0v) is 15.5. The molecule has 0 aromatic heterocycles. The molecule has 1 saturated heterocycles. The molecule has 134 valence electrons. The molecule has 25 heavy (non-hydrogen) atoms. The van der Waals surface area contributed by atoms with Crippen molar-refractivity contribution in [3.8, 4) is 0 Å². The first-order chi connectivity index (χ1) is 11.9. The zero-order valence-electron chi connectivity index (χ0n) is 13.9. The zero-order chi connectivity index (χ0) is 17.9. The molecule has 0 unspecified atom stereocenters. The number of quaternary nitrogens is 2. The molecule has 0 amide bonds. The molecule has 0 bridgehead atoms. The van der Waals surface area contributed by atoms with Crippen LogP contribution < -0.4 is 9.80 Å². The maximum atomic E-state index is 13.1. The van der Waals surface area contributed by atoms with E-state index in [9.17, 15) is 13.2 Å². The standard InChI is InChI=1S/C19H20BrF3N2/c20-17-6-3-4-15(12-17)13-24-8-10-25(11-9-24)14-16-5-1-2-7-18(16)19(21,22)23/h1-7,12H,8-11,13-14H2/p+2. The van der Waals surface area contributed by atoms with Gasteiger partial charge in [-0.15, -0.1) is 0 Å². The fraction of sp³-hybridized carbons (Fsp3) is 0.368. The number of alkyl halides is 3. The molecule has 0 saturated carbocycles. The first-order valence-electron chi connectivity index (χ1n) is 8.48. The van der Waals surface area contributed by atoms with E-state index in [2.05, 4.69) is 28.1 Å². The Kier molecular flexibility index (Phi) is 5.81. The third kappa shape index (κ3) is 5.06. The van der Waals surface area contributed by atoms with Gasteiger partial charge in [-0.3, -0.25) is 0 Å². The third-order valence-electron chi connectivity index (χ3n) is 4.77. The summed E-state index contributed by atoms with van der Waals surface area (Å²) in [5.41, 5.74) is 1.20. The molecule has 3 rings (SSSR count). The lowest BCUT2D eigenvalue weighted by Gasteiger charge is -2.30. The molecule has 0 aliphatic carbocycles. The lowest BCUT2D eigenvalue weighted by atomic mass is 10.1. The van der Waals surface area contributed by atoms with Crippen LogP contribution in [0.15, 0.2) is 53.0 Å². The molecule has 2 aromatic carbocycles. The van der Waals surface area contributed by atoms with E-state index in [1.165, 1.54) is 27.5 Å². The Morgan fingerprint density at radius 3 is 2.12 bits per heavy atom. The molecular weight excluding hydrogens is 393 g/mol. The Morgan fingerprint density at radius 2 is 1.48 bits per heavy atom. The minimum atomic E-state index is -4.27. The first kappa shape index (κ1) is 18.4. The fourth-order valence-corrected chi connectivity index (χ4v) is 3.91. The summed E-state index contributed by atoms with van der Waals surface area (Å²) in [5, 5.41) is 0. The molecule has 2 nitrogen and oxygen atoms in total. The average molecular weight is 415 g/mol. The van der Waals surface area contributed by atoms with E-state index in [-0.39, 0.29) is 0 Å². The number of hydrogen-bond donors (Lipinski definition) is 2. The molecule has 1 fully saturated rings. The van der Waals surface area contributed by atoms with Crippen molar-refractivity contribution in [3.05, 3.63) is 69.7 Å². The van der Waals surface area contributed by atoms with Gasteiger partial charge in [-0.2, -0.15) is 13.2 Å². The fourth-order valence-electron chi connectivity index (χ4n) is 3.47. The van der Waals surface area contributed by atoms with Crippen LogP contribution in [0.1, 0.15) is 16.7 Å². The van der Waals surface area contributed by atoms with Crippen LogP contribution in [0, 0.1) is 0 Å². The van der Waals surface area contributed by atoms with Crippen LogP contribution in [0.5, 0.6) is 0 Å². The topological polar surface area (TPSA) is 8.88 Å². The Morgan fingerprint density at radius 1 is 0.840 bits per heavy atom. The highest BCUT2D eigenvalue weighted by molar-refractivity contribution is 9.10. The lowest BCUT2D eigenvalue weighted by molar-refractivity contribution is -1.02. The van der Waals surface area contributed by atoms with Crippen LogP contribution in [-0.2, 0) is 19.3 Å². The molecule has 2 N–H and O–H groups in total. The van der Waals surface area contributed by atoms with Crippen LogP contribution in [0.25, 0.3) is 0 Å². The van der Waals surface area contributed by atoms with E-state index in [0.717, 1.165) is 37.2 Å². The predicted octanol–water partition coefficient (Wildman–Crippen LogP) is 1.95. The van der Waals surface area contributed by atoms with Crippen LogP contribution in [0.4, 0.5) is 13.2 Å². The van der Waals surface area contributed by atoms with Gasteiger partial charge >= 0.3 is 6.18 Å². The molecule has 1 aliphatic rings. The Bertz CT molecular complexity index is 710. The molecule has 0 radical (unpaired) electrons. The summed E-state index contributed by atoms with van der Waals surface area (Å²) in [6.07, 6.45) is -4.27. The second-order valence-electron chi connectivity index (χ2n) is 6.64. The number of benzene rings is 2. The van der Waals surface area contributed by atoms with Gasteiger partial charge in [-0.05, 0) is 18.2 Å². The van der Waals surface area contributed by atoms with E-state index < -0.39 is 11.7 Å². The van der Waals surface area contributed by atoms with Crippen molar-refractivity contribution in [2.75, 3.05) is 26.2 Å². The highest BCUT2D eigenvalue weighted by Gasteiger charge is 2.34. The normalized spacial score (nSPS) is 21.3. The molecule has 0 spiro atoms. The van der Waals surface area contributed by atoms with Gasteiger partial charge in [0, 0.05) is 15.6 Å². The third-order valence-corrected chi connectivity index (χ3v) is 5.26. The molecule has 2 aromatic rings. The Balaban J connectivity index is 1.57. The van der Waals surface area contributed by atoms with Crippen molar-refractivity contribution in [2.45, 2.75) is 19.3 Å². The van der Waals surface area contributed by atoms with E-state index in [0.29, 0.717) is 12.1 Å². The average Bonchev–Trinajstić information content (AvgIpc) is 2.56. The van der Waals surface area contributed by atoms with Crippen molar-refractivity contribution < 1.29 is 23.0 Å². The molecule has 1 aliphatic heterocycles. The summed E-state index contributed by atoms with van der Waals surface area (Å²) in [6, 6.07) is 14.2. The van der Waals surface area contributed by atoms with E-state index in [1.807, 2.05) is 12.1 Å². The second kappa shape index (κ2) is 7.89. The predicted molar refractivity (Wildman–Crippen MR) is 94.4 cm³/mol. The largest absolute Gasteiger partial charge is 0.416 e. The number of rotatable bonds is 4. The van der Waals surface area contributed by atoms with E-state index in [1.54, 1.807) is 12.1 Å². The smallest absolute Gasteiger partial charge is 0.322 e. The van der Waals surface area contributed by atoms with Gasteiger partial charge in [0.1, 0.15) is 39.3 Å². The summed E-state index contributed by atoms with van der Waals surface area (Å²) < 4.78 is 40.4. The highest BCUT2D eigenvalue weighted by atomic mass is 79.9. The SMILES string of the molecule is FC(F)(F)c1ccccc1C[NH+]1CC[NH+](Cc2cccc(Br)c2)CC1. The van der Waals surface area contributed by atoms with Crippen molar-refractivity contribution >= 4 is 15.9 Å². The van der Waals surface area contributed by atoms with Gasteiger partial charge in [0.25, 0.3) is 0 Å². The van der Waals surface area contributed by atoms with Crippen molar-refractivity contribution in [1.82, 2.24) is 0 Å². The first-order valence-corrected chi connectivity index (χ1v) is 9.28. The summed E-state index contributed by atoms with van der Waals surface area (Å²) >= 11 is 3.49. The minimum Gasteiger partial charge on any atom is -0.322 e. The molecular formula is C19H22BrF3N2+2. The van der Waals surface area contributed by atoms with Crippen molar-refractivity contribution in [2.24, 2.45) is 0 Å². The highest BCUT2D eigenvalue weighted by Crippen LogP contribution is 2.31. The van der Waals surface area contributed by atoms with E-state index >= 15 is 0 Å². The van der Waals surface area contributed by atoms with Crippen LogP contribution in [0.3, 0.4) is 0 Å². The Labute approximate surface area is 154 Å². The van der Waals surface area contributed by atoms with Gasteiger partial charge in [0.2, 0.25) is 0 Å². The Hall–Kier alpha value is -1.37. The number of hydrogen-bond acceptors (Lipinski definition) is 0. The van der Waals surface area contributed by atoms with Gasteiger partial charge in [0.05, 0.1) is 5.56 Å². The van der Waals surface area contributed by atoms with Gasteiger partial charge in [0.15, 0.2) is 0 Å².